The van der Waals surface area contributed by atoms with Crippen LogP contribution in [-0.2, 0) is 9.53 Å². The average Bonchev–Trinajstić information content (AvgIpc) is 2.36. The lowest BCUT2D eigenvalue weighted by Gasteiger charge is -2.21. The summed E-state index contributed by atoms with van der Waals surface area (Å²) in [6.07, 6.45) is 0.737. The Morgan fingerprint density at radius 2 is 2.00 bits per heavy atom. The minimum Gasteiger partial charge on any atom is -0.465 e. The molecule has 0 fully saturated rings. The van der Waals surface area contributed by atoms with E-state index in [-0.39, 0.29) is 19.1 Å². The first-order chi connectivity index (χ1) is 9.47. The maximum Gasteiger partial charge on any atom is 0.325 e. The van der Waals surface area contributed by atoms with Gasteiger partial charge in [-0.3, -0.25) is 9.59 Å². The molecule has 0 saturated heterocycles. The summed E-state index contributed by atoms with van der Waals surface area (Å²) in [6.45, 7) is 4.33. The molecule has 1 aromatic carbocycles. The molecule has 0 atom stereocenters. The first kappa shape index (κ1) is 16.3. The zero-order chi connectivity index (χ0) is 15.1. The van der Waals surface area contributed by atoms with E-state index in [0.29, 0.717) is 22.8 Å². The zero-order valence-corrected chi connectivity index (χ0v) is 12.4. The third-order valence-corrected chi connectivity index (χ3v) is 2.79. The molecule has 1 aromatic rings. The van der Waals surface area contributed by atoms with Gasteiger partial charge in [-0.1, -0.05) is 18.5 Å². The second-order valence-corrected chi connectivity index (χ2v) is 4.74. The number of amides is 1. The van der Waals surface area contributed by atoms with Crippen LogP contribution in [-0.4, -0.2) is 36.5 Å². The Bertz CT molecular complexity index is 471. The van der Waals surface area contributed by atoms with Gasteiger partial charge in [0.2, 0.25) is 0 Å². The number of ether oxygens (including phenoxy) is 1. The molecule has 110 valence electrons. The number of rotatable bonds is 6. The van der Waals surface area contributed by atoms with Gasteiger partial charge in [0.25, 0.3) is 5.91 Å². The first-order valence-electron chi connectivity index (χ1n) is 6.48. The predicted molar refractivity (Wildman–Crippen MR) is 78.7 cm³/mol. The smallest absolute Gasteiger partial charge is 0.325 e. The van der Waals surface area contributed by atoms with Gasteiger partial charge in [0.05, 0.1) is 6.61 Å². The number of nitrogen functional groups attached to an aromatic ring is 1. The Kier molecular flexibility index (Phi) is 6.31. The van der Waals surface area contributed by atoms with Gasteiger partial charge < -0.3 is 15.4 Å². The monoisotopic (exact) mass is 298 g/mol. The molecule has 0 aliphatic rings. The maximum absolute atomic E-state index is 12.4. The lowest BCUT2D eigenvalue weighted by molar-refractivity contribution is -0.143. The average molecular weight is 299 g/mol. The van der Waals surface area contributed by atoms with Crippen molar-refractivity contribution in [3.63, 3.8) is 0 Å². The first-order valence-corrected chi connectivity index (χ1v) is 6.86. The van der Waals surface area contributed by atoms with Gasteiger partial charge in [-0.05, 0) is 31.5 Å². The fourth-order valence-corrected chi connectivity index (χ4v) is 2.05. The number of carbonyl (C=O) groups excluding carboxylic acids is 2. The van der Waals surface area contributed by atoms with Crippen LogP contribution in [0.3, 0.4) is 0 Å². The summed E-state index contributed by atoms with van der Waals surface area (Å²) in [5.74, 6) is -0.710. The zero-order valence-electron chi connectivity index (χ0n) is 11.7. The SMILES string of the molecule is CCCN(CC(=O)OCC)C(=O)c1cc(N)cc(Cl)c1. The standard InChI is InChI=1S/C14H19ClN2O3/c1-3-5-17(9-13(18)20-4-2)14(19)10-6-11(15)8-12(16)7-10/h6-8H,3-5,9,16H2,1-2H3. The van der Waals surface area contributed by atoms with Crippen molar-refractivity contribution in [3.05, 3.63) is 28.8 Å². The number of hydrogen-bond acceptors (Lipinski definition) is 4. The highest BCUT2D eigenvalue weighted by Crippen LogP contribution is 2.18. The minimum absolute atomic E-state index is 0.0765. The summed E-state index contributed by atoms with van der Waals surface area (Å²) in [6, 6.07) is 4.64. The molecule has 1 amide bonds. The lowest BCUT2D eigenvalue weighted by atomic mass is 10.1. The van der Waals surface area contributed by atoms with Crippen molar-refractivity contribution in [2.45, 2.75) is 20.3 Å². The summed E-state index contributed by atoms with van der Waals surface area (Å²) in [4.78, 5) is 25.3. The molecule has 2 N–H and O–H groups in total. The minimum atomic E-state index is -0.427. The largest absolute Gasteiger partial charge is 0.465 e. The van der Waals surface area contributed by atoms with Gasteiger partial charge in [-0.2, -0.15) is 0 Å². The van der Waals surface area contributed by atoms with Gasteiger partial charge in [-0.25, -0.2) is 0 Å². The molecule has 0 heterocycles. The van der Waals surface area contributed by atoms with E-state index in [1.54, 1.807) is 19.1 Å². The maximum atomic E-state index is 12.4. The number of halogens is 1. The molecule has 0 aliphatic carbocycles. The van der Waals surface area contributed by atoms with Gasteiger partial charge >= 0.3 is 5.97 Å². The fourth-order valence-electron chi connectivity index (χ4n) is 1.80. The molecule has 0 saturated carbocycles. The normalized spacial score (nSPS) is 10.2. The van der Waals surface area contributed by atoms with E-state index in [1.165, 1.54) is 11.0 Å². The van der Waals surface area contributed by atoms with Crippen molar-refractivity contribution in [1.29, 1.82) is 0 Å². The van der Waals surface area contributed by atoms with Crippen LogP contribution >= 0.6 is 11.6 Å². The molecule has 1 rings (SSSR count). The van der Waals surface area contributed by atoms with Crippen molar-refractivity contribution in [2.24, 2.45) is 0 Å². The van der Waals surface area contributed by atoms with E-state index in [9.17, 15) is 9.59 Å². The Morgan fingerprint density at radius 3 is 2.55 bits per heavy atom. The molecule has 0 radical (unpaired) electrons. The summed E-state index contributed by atoms with van der Waals surface area (Å²) in [5, 5.41) is 0.390. The number of carbonyl (C=O) groups is 2. The van der Waals surface area contributed by atoms with E-state index in [1.807, 2.05) is 6.92 Å². The van der Waals surface area contributed by atoms with Crippen molar-refractivity contribution >= 4 is 29.2 Å². The number of nitrogens with zero attached hydrogens (tertiary/aromatic N) is 1. The third kappa shape index (κ3) is 4.74. The topological polar surface area (TPSA) is 72.6 Å². The number of esters is 1. The van der Waals surface area contributed by atoms with Gasteiger partial charge in [0, 0.05) is 22.8 Å². The molecule has 20 heavy (non-hydrogen) atoms. The Morgan fingerprint density at radius 1 is 1.30 bits per heavy atom. The van der Waals surface area contributed by atoms with Crippen LogP contribution in [0.15, 0.2) is 18.2 Å². The summed E-state index contributed by atoms with van der Waals surface area (Å²) in [7, 11) is 0. The van der Waals surface area contributed by atoms with Crippen molar-refractivity contribution in [2.75, 3.05) is 25.4 Å². The highest BCUT2D eigenvalue weighted by Gasteiger charge is 2.19. The molecule has 5 nitrogen and oxygen atoms in total. The second-order valence-electron chi connectivity index (χ2n) is 4.30. The molecular formula is C14H19ClN2O3. The number of nitrogens with two attached hydrogens (primary N) is 1. The van der Waals surface area contributed by atoms with Crippen LogP contribution in [0.2, 0.25) is 5.02 Å². The molecule has 0 bridgehead atoms. The van der Waals surface area contributed by atoms with E-state index in [4.69, 9.17) is 22.1 Å². The van der Waals surface area contributed by atoms with E-state index < -0.39 is 5.97 Å². The predicted octanol–water partition coefficient (Wildman–Crippen LogP) is 2.34. The van der Waals surface area contributed by atoms with Crippen LogP contribution in [0, 0.1) is 0 Å². The van der Waals surface area contributed by atoms with Crippen molar-refractivity contribution < 1.29 is 14.3 Å². The van der Waals surface area contributed by atoms with Crippen LogP contribution in [0.25, 0.3) is 0 Å². The van der Waals surface area contributed by atoms with Crippen LogP contribution < -0.4 is 5.73 Å². The van der Waals surface area contributed by atoms with Crippen molar-refractivity contribution in [1.82, 2.24) is 4.90 Å². The highest BCUT2D eigenvalue weighted by molar-refractivity contribution is 6.31. The number of benzene rings is 1. The fraction of sp³-hybridized carbons (Fsp3) is 0.429. The quantitative estimate of drug-likeness (QED) is 0.646. The number of hydrogen-bond donors (Lipinski definition) is 1. The summed E-state index contributed by atoms with van der Waals surface area (Å²) >= 11 is 5.89. The summed E-state index contributed by atoms with van der Waals surface area (Å²) in [5.41, 5.74) is 6.45. The van der Waals surface area contributed by atoms with E-state index >= 15 is 0 Å². The van der Waals surface area contributed by atoms with E-state index in [0.717, 1.165) is 6.42 Å². The second kappa shape index (κ2) is 7.75. The van der Waals surface area contributed by atoms with Crippen molar-refractivity contribution in [3.8, 4) is 0 Å². The molecular weight excluding hydrogens is 280 g/mol. The Hall–Kier alpha value is -1.75. The van der Waals surface area contributed by atoms with Crippen LogP contribution in [0.4, 0.5) is 5.69 Å². The van der Waals surface area contributed by atoms with E-state index in [2.05, 4.69) is 0 Å². The molecule has 0 spiro atoms. The van der Waals surface area contributed by atoms with Gasteiger partial charge in [0.1, 0.15) is 6.54 Å². The Labute approximate surface area is 123 Å². The van der Waals surface area contributed by atoms with Crippen LogP contribution in [0.1, 0.15) is 30.6 Å². The molecule has 0 aromatic heterocycles. The third-order valence-electron chi connectivity index (χ3n) is 2.57. The molecule has 0 unspecified atom stereocenters. The Balaban J connectivity index is 2.89. The van der Waals surface area contributed by atoms with Crippen LogP contribution in [0.5, 0.6) is 0 Å². The summed E-state index contributed by atoms with van der Waals surface area (Å²) < 4.78 is 4.87. The number of anilines is 1. The molecule has 0 aliphatic heterocycles. The van der Waals surface area contributed by atoms with Gasteiger partial charge in [0.15, 0.2) is 0 Å². The highest BCUT2D eigenvalue weighted by atomic mass is 35.5. The molecule has 6 heteroatoms. The lowest BCUT2D eigenvalue weighted by Crippen LogP contribution is -2.37. The van der Waals surface area contributed by atoms with Gasteiger partial charge in [-0.15, -0.1) is 0 Å².